The van der Waals surface area contributed by atoms with Crippen molar-refractivity contribution in [3.63, 3.8) is 0 Å². The number of hydrogen-bond donors (Lipinski definition) is 1. The fourth-order valence-corrected chi connectivity index (χ4v) is 1.76. The number of nitrogens with zero attached hydrogens (tertiary/aromatic N) is 5. The maximum Gasteiger partial charge on any atom is 0.407 e. The SMILES string of the molecule is CC(C)(C)OC(=O)NCCn1nnc(-c2ccc(Br)cn2)n1. The molecule has 0 saturated heterocycles. The van der Waals surface area contributed by atoms with Crippen LogP contribution >= 0.6 is 15.9 Å². The van der Waals surface area contributed by atoms with Crippen molar-refractivity contribution in [1.29, 1.82) is 0 Å². The Morgan fingerprint density at radius 2 is 2.18 bits per heavy atom. The van der Waals surface area contributed by atoms with Crippen molar-refractivity contribution < 1.29 is 9.53 Å². The van der Waals surface area contributed by atoms with Gasteiger partial charge in [0.05, 0.1) is 6.54 Å². The van der Waals surface area contributed by atoms with Gasteiger partial charge >= 0.3 is 6.09 Å². The molecule has 1 amide bonds. The van der Waals surface area contributed by atoms with Gasteiger partial charge in [0.1, 0.15) is 11.3 Å². The number of ether oxygens (including phenoxy) is 1. The summed E-state index contributed by atoms with van der Waals surface area (Å²) in [4.78, 5) is 17.1. The summed E-state index contributed by atoms with van der Waals surface area (Å²) in [5.74, 6) is 0.435. The van der Waals surface area contributed by atoms with Gasteiger partial charge in [0, 0.05) is 17.2 Å². The summed E-state index contributed by atoms with van der Waals surface area (Å²) in [5, 5.41) is 14.7. The van der Waals surface area contributed by atoms with E-state index in [1.165, 1.54) is 4.80 Å². The van der Waals surface area contributed by atoms with E-state index in [-0.39, 0.29) is 0 Å². The second-order valence-electron chi connectivity index (χ2n) is 5.50. The summed E-state index contributed by atoms with van der Waals surface area (Å²) in [6.45, 7) is 6.16. The third-order valence-electron chi connectivity index (χ3n) is 2.39. The molecular formula is C13H17BrN6O2. The lowest BCUT2D eigenvalue weighted by Crippen LogP contribution is -2.34. The van der Waals surface area contributed by atoms with Crippen LogP contribution in [0.15, 0.2) is 22.8 Å². The van der Waals surface area contributed by atoms with Crippen molar-refractivity contribution in [2.45, 2.75) is 32.9 Å². The van der Waals surface area contributed by atoms with Crippen LogP contribution < -0.4 is 5.32 Å². The minimum absolute atomic E-state index is 0.346. The number of rotatable bonds is 4. The molecule has 0 atom stereocenters. The van der Waals surface area contributed by atoms with E-state index in [1.807, 2.05) is 26.8 Å². The third-order valence-corrected chi connectivity index (χ3v) is 2.86. The van der Waals surface area contributed by atoms with E-state index in [2.05, 4.69) is 41.6 Å². The molecule has 0 aromatic carbocycles. The van der Waals surface area contributed by atoms with Gasteiger partial charge in [0.2, 0.25) is 5.82 Å². The lowest BCUT2D eigenvalue weighted by molar-refractivity contribution is 0.0525. The molecule has 1 N–H and O–H groups in total. The fraction of sp³-hybridized carbons (Fsp3) is 0.462. The molecule has 0 bridgehead atoms. The smallest absolute Gasteiger partial charge is 0.407 e. The molecule has 9 heteroatoms. The van der Waals surface area contributed by atoms with E-state index in [0.717, 1.165) is 4.47 Å². The Morgan fingerprint density at radius 3 is 2.82 bits per heavy atom. The molecule has 0 unspecified atom stereocenters. The van der Waals surface area contributed by atoms with Gasteiger partial charge in [0.15, 0.2) is 0 Å². The van der Waals surface area contributed by atoms with Crippen LogP contribution in [0.3, 0.4) is 0 Å². The Labute approximate surface area is 136 Å². The minimum Gasteiger partial charge on any atom is -0.444 e. The molecule has 0 aliphatic rings. The minimum atomic E-state index is -0.518. The van der Waals surface area contributed by atoms with Crippen LogP contribution in [0.4, 0.5) is 4.79 Å². The first-order valence-electron chi connectivity index (χ1n) is 6.70. The van der Waals surface area contributed by atoms with E-state index in [9.17, 15) is 4.79 Å². The van der Waals surface area contributed by atoms with Crippen LogP contribution in [0.5, 0.6) is 0 Å². The highest BCUT2D eigenvalue weighted by atomic mass is 79.9. The molecule has 2 heterocycles. The maximum atomic E-state index is 11.5. The summed E-state index contributed by atoms with van der Waals surface area (Å²) >= 11 is 3.32. The fourth-order valence-electron chi connectivity index (χ4n) is 1.52. The van der Waals surface area contributed by atoms with Crippen molar-refractivity contribution in [2.75, 3.05) is 6.54 Å². The van der Waals surface area contributed by atoms with Crippen LogP contribution in [0.25, 0.3) is 11.5 Å². The molecule has 0 aliphatic carbocycles. The third kappa shape index (κ3) is 5.06. The zero-order chi connectivity index (χ0) is 16.2. The number of tetrazole rings is 1. The molecule has 2 aromatic heterocycles. The number of carbonyl (C=O) groups excluding carboxylic acids is 1. The topological polar surface area (TPSA) is 94.8 Å². The van der Waals surface area contributed by atoms with Crippen LogP contribution in [0.2, 0.25) is 0 Å². The summed E-state index contributed by atoms with van der Waals surface area (Å²) in [6, 6.07) is 3.65. The van der Waals surface area contributed by atoms with Crippen LogP contribution in [0, 0.1) is 0 Å². The normalized spacial score (nSPS) is 11.3. The van der Waals surface area contributed by atoms with Gasteiger partial charge in [-0.3, -0.25) is 4.98 Å². The highest BCUT2D eigenvalue weighted by molar-refractivity contribution is 9.10. The zero-order valence-corrected chi connectivity index (χ0v) is 14.2. The highest BCUT2D eigenvalue weighted by Crippen LogP contribution is 2.13. The number of amides is 1. The van der Waals surface area contributed by atoms with Gasteiger partial charge in [0.25, 0.3) is 0 Å². The summed E-state index contributed by atoms with van der Waals surface area (Å²) in [7, 11) is 0. The molecular weight excluding hydrogens is 352 g/mol. The quantitative estimate of drug-likeness (QED) is 0.886. The molecule has 2 aromatic rings. The molecule has 0 fully saturated rings. The summed E-state index contributed by atoms with van der Waals surface area (Å²) in [5.41, 5.74) is 0.116. The molecule has 0 spiro atoms. The molecule has 0 aliphatic heterocycles. The van der Waals surface area contributed by atoms with Crippen molar-refractivity contribution in [2.24, 2.45) is 0 Å². The Morgan fingerprint density at radius 1 is 1.41 bits per heavy atom. The lowest BCUT2D eigenvalue weighted by atomic mass is 10.2. The van der Waals surface area contributed by atoms with Crippen LogP contribution in [-0.4, -0.2) is 43.4 Å². The Hall–Kier alpha value is -2.03. The zero-order valence-electron chi connectivity index (χ0n) is 12.6. The van der Waals surface area contributed by atoms with Gasteiger partial charge in [-0.05, 0) is 54.0 Å². The molecule has 0 saturated carbocycles. The van der Waals surface area contributed by atoms with E-state index in [1.54, 1.807) is 12.3 Å². The average Bonchev–Trinajstić information content (AvgIpc) is 2.86. The van der Waals surface area contributed by atoms with Crippen molar-refractivity contribution in [3.8, 4) is 11.5 Å². The summed E-state index contributed by atoms with van der Waals surface area (Å²) in [6.07, 6.45) is 1.20. The van der Waals surface area contributed by atoms with Gasteiger partial charge < -0.3 is 10.1 Å². The van der Waals surface area contributed by atoms with Gasteiger partial charge in [-0.2, -0.15) is 4.80 Å². The number of halogens is 1. The first kappa shape index (κ1) is 16.3. The Bertz CT molecular complexity index is 635. The first-order valence-corrected chi connectivity index (χ1v) is 7.49. The van der Waals surface area contributed by atoms with Gasteiger partial charge in [-0.1, -0.05) is 0 Å². The van der Waals surface area contributed by atoms with E-state index in [0.29, 0.717) is 24.6 Å². The average molecular weight is 369 g/mol. The number of alkyl carbamates (subject to hydrolysis) is 1. The Balaban J connectivity index is 1.85. The Kier molecular flexibility index (Phi) is 5.07. The van der Waals surface area contributed by atoms with Gasteiger partial charge in [-0.25, -0.2) is 4.79 Å². The second-order valence-corrected chi connectivity index (χ2v) is 6.41. The molecule has 8 nitrogen and oxygen atoms in total. The molecule has 0 radical (unpaired) electrons. The van der Waals surface area contributed by atoms with Gasteiger partial charge in [-0.15, -0.1) is 10.2 Å². The van der Waals surface area contributed by atoms with E-state index in [4.69, 9.17) is 4.74 Å². The maximum absolute atomic E-state index is 11.5. The first-order chi connectivity index (χ1) is 10.3. The van der Waals surface area contributed by atoms with E-state index >= 15 is 0 Å². The number of carbonyl (C=O) groups is 1. The lowest BCUT2D eigenvalue weighted by Gasteiger charge is -2.19. The second kappa shape index (κ2) is 6.82. The van der Waals surface area contributed by atoms with Crippen molar-refractivity contribution >= 4 is 22.0 Å². The van der Waals surface area contributed by atoms with E-state index < -0.39 is 11.7 Å². The number of hydrogen-bond acceptors (Lipinski definition) is 6. The molecule has 118 valence electrons. The van der Waals surface area contributed by atoms with Crippen molar-refractivity contribution in [3.05, 3.63) is 22.8 Å². The summed E-state index contributed by atoms with van der Waals surface area (Å²) < 4.78 is 6.01. The van der Waals surface area contributed by atoms with Crippen molar-refractivity contribution in [1.82, 2.24) is 30.5 Å². The number of aromatic nitrogens is 5. The van der Waals surface area contributed by atoms with Crippen LogP contribution in [-0.2, 0) is 11.3 Å². The highest BCUT2D eigenvalue weighted by Gasteiger charge is 2.15. The predicted octanol–water partition coefficient (Wildman–Crippen LogP) is 2.02. The monoisotopic (exact) mass is 368 g/mol. The number of pyridine rings is 1. The van der Waals surface area contributed by atoms with Crippen LogP contribution in [0.1, 0.15) is 20.8 Å². The standard InChI is InChI=1S/C13H17BrN6O2/c1-13(2,3)22-12(21)15-6-7-20-18-11(17-19-20)10-5-4-9(14)8-16-10/h4-5,8H,6-7H2,1-3H3,(H,15,21). The predicted molar refractivity (Wildman–Crippen MR) is 83.0 cm³/mol. The molecule has 22 heavy (non-hydrogen) atoms. The largest absolute Gasteiger partial charge is 0.444 e. The number of nitrogens with one attached hydrogen (secondary N) is 1. The molecule has 2 rings (SSSR count).